The summed E-state index contributed by atoms with van der Waals surface area (Å²) >= 11 is 0. The molecule has 0 unspecified atom stereocenters. The van der Waals surface area contributed by atoms with E-state index >= 15 is 0 Å². The van der Waals surface area contributed by atoms with Crippen molar-refractivity contribution in [2.75, 3.05) is 13.6 Å². The Balaban J connectivity index is 2.54. The number of carbonyl (C=O) groups excluding carboxylic acids is 2. The molecule has 6 heteroatoms. The largest absolute Gasteiger partial charge is 0.449 e. The molecule has 0 bridgehead atoms. The maximum absolute atomic E-state index is 11.9. The number of nitriles is 2. The number of ether oxygens (including phenoxy) is 1. The summed E-state index contributed by atoms with van der Waals surface area (Å²) in [5.74, 6) is -0.996. The van der Waals surface area contributed by atoms with Crippen molar-refractivity contribution in [3.8, 4) is 12.1 Å². The third-order valence-corrected chi connectivity index (χ3v) is 3.03. The third-order valence-electron chi connectivity index (χ3n) is 3.03. The Morgan fingerprint density at radius 3 is 2.52 bits per heavy atom. The van der Waals surface area contributed by atoms with Crippen molar-refractivity contribution in [3.63, 3.8) is 0 Å². The number of esters is 1. The average molecular weight is 311 g/mol. The minimum Gasteiger partial charge on any atom is -0.449 e. The number of hydrogen-bond donors (Lipinski definition) is 0. The van der Waals surface area contributed by atoms with Gasteiger partial charge in [-0.2, -0.15) is 10.5 Å². The number of carbonyl (C=O) groups is 2. The molecule has 6 nitrogen and oxygen atoms in total. The van der Waals surface area contributed by atoms with Gasteiger partial charge < -0.3 is 9.64 Å². The molecule has 0 aliphatic heterocycles. The van der Waals surface area contributed by atoms with E-state index in [4.69, 9.17) is 15.3 Å². The van der Waals surface area contributed by atoms with Gasteiger partial charge in [-0.25, -0.2) is 4.79 Å². The Labute approximate surface area is 135 Å². The smallest absolute Gasteiger partial charge is 0.331 e. The van der Waals surface area contributed by atoms with Gasteiger partial charge in [0.25, 0.3) is 5.91 Å². The summed E-state index contributed by atoms with van der Waals surface area (Å²) < 4.78 is 5.03. The highest BCUT2D eigenvalue weighted by Gasteiger charge is 2.20. The zero-order valence-corrected chi connectivity index (χ0v) is 13.0. The molecule has 0 spiro atoms. The van der Waals surface area contributed by atoms with Gasteiger partial charge >= 0.3 is 5.97 Å². The molecule has 0 aliphatic carbocycles. The van der Waals surface area contributed by atoms with Gasteiger partial charge in [0.2, 0.25) is 0 Å². The highest BCUT2D eigenvalue weighted by Crippen LogP contribution is 2.06. The number of hydrogen-bond acceptors (Lipinski definition) is 5. The van der Waals surface area contributed by atoms with Crippen LogP contribution in [-0.2, 0) is 14.3 Å². The van der Waals surface area contributed by atoms with Gasteiger partial charge in [0.1, 0.15) is 0 Å². The highest BCUT2D eigenvalue weighted by atomic mass is 16.5. The van der Waals surface area contributed by atoms with Gasteiger partial charge in [0.05, 0.1) is 24.1 Å². The summed E-state index contributed by atoms with van der Waals surface area (Å²) in [4.78, 5) is 25.0. The minimum atomic E-state index is -0.920. The summed E-state index contributed by atoms with van der Waals surface area (Å²) in [6, 6.07) is 10.6. The number of nitrogens with zero attached hydrogens (tertiary/aromatic N) is 3. The number of rotatable bonds is 6. The van der Waals surface area contributed by atoms with Crippen molar-refractivity contribution in [2.24, 2.45) is 0 Å². The molecule has 1 aromatic rings. The normalized spacial score (nSPS) is 11.3. The molecule has 1 rings (SSSR count). The van der Waals surface area contributed by atoms with Gasteiger partial charge in [-0.3, -0.25) is 4.79 Å². The van der Waals surface area contributed by atoms with E-state index in [1.165, 1.54) is 17.9 Å². The van der Waals surface area contributed by atoms with Crippen LogP contribution in [0.1, 0.15) is 24.5 Å². The van der Waals surface area contributed by atoms with Crippen molar-refractivity contribution in [1.29, 1.82) is 10.5 Å². The second kappa shape index (κ2) is 9.01. The first-order valence-corrected chi connectivity index (χ1v) is 6.98. The Hall–Kier alpha value is -3.12. The van der Waals surface area contributed by atoms with E-state index < -0.39 is 12.1 Å². The molecule has 0 aromatic heterocycles. The molecule has 0 N–H and O–H groups in total. The molecule has 118 valence electrons. The lowest BCUT2D eigenvalue weighted by molar-refractivity contribution is -0.154. The molecule has 0 radical (unpaired) electrons. The van der Waals surface area contributed by atoms with Crippen molar-refractivity contribution >= 4 is 18.0 Å². The fraction of sp³-hybridized carbons (Fsp3) is 0.294. The predicted octanol–water partition coefficient (Wildman–Crippen LogP) is 1.88. The maximum atomic E-state index is 11.9. The average Bonchev–Trinajstić information content (AvgIpc) is 2.57. The maximum Gasteiger partial charge on any atom is 0.331 e. The quantitative estimate of drug-likeness (QED) is 0.590. The first kappa shape index (κ1) is 17.9. The molecule has 1 amide bonds. The van der Waals surface area contributed by atoms with Crippen LogP contribution >= 0.6 is 0 Å². The van der Waals surface area contributed by atoms with E-state index in [1.807, 2.05) is 12.1 Å². The van der Waals surface area contributed by atoms with Crippen LogP contribution in [0.15, 0.2) is 30.3 Å². The van der Waals surface area contributed by atoms with Crippen molar-refractivity contribution in [1.82, 2.24) is 4.90 Å². The molecule has 0 saturated carbocycles. The monoisotopic (exact) mass is 311 g/mol. The lowest BCUT2D eigenvalue weighted by Gasteiger charge is -2.19. The second-order valence-corrected chi connectivity index (χ2v) is 4.81. The van der Waals surface area contributed by atoms with Gasteiger partial charge in [-0.05, 0) is 30.7 Å². The number of likely N-dealkylation sites (N-methyl/N-ethyl adjacent to an activating group) is 1. The Kier molecular flexibility index (Phi) is 7.03. The third kappa shape index (κ3) is 6.03. The Morgan fingerprint density at radius 2 is 1.96 bits per heavy atom. The minimum absolute atomic E-state index is 0.224. The topological polar surface area (TPSA) is 94.2 Å². The Bertz CT molecular complexity index is 666. The molecule has 0 saturated heterocycles. The van der Waals surface area contributed by atoms with E-state index in [1.54, 1.807) is 37.4 Å². The molecular weight excluding hydrogens is 294 g/mol. The van der Waals surface area contributed by atoms with Crippen LogP contribution in [0, 0.1) is 22.7 Å². The van der Waals surface area contributed by atoms with Gasteiger partial charge in [-0.15, -0.1) is 0 Å². The summed E-state index contributed by atoms with van der Waals surface area (Å²) in [7, 11) is 1.55. The summed E-state index contributed by atoms with van der Waals surface area (Å²) in [5, 5.41) is 17.2. The molecule has 1 aromatic carbocycles. The van der Waals surface area contributed by atoms with E-state index in [9.17, 15) is 9.59 Å². The highest BCUT2D eigenvalue weighted by molar-refractivity contribution is 5.90. The fourth-order valence-corrected chi connectivity index (χ4v) is 1.74. The molecule has 23 heavy (non-hydrogen) atoms. The van der Waals surface area contributed by atoms with Crippen LogP contribution in [0.3, 0.4) is 0 Å². The molecular formula is C17H17N3O3. The van der Waals surface area contributed by atoms with E-state index in [-0.39, 0.29) is 18.9 Å². The van der Waals surface area contributed by atoms with Crippen LogP contribution in [-0.4, -0.2) is 36.5 Å². The molecule has 0 aliphatic rings. The van der Waals surface area contributed by atoms with Crippen molar-refractivity contribution < 1.29 is 14.3 Å². The van der Waals surface area contributed by atoms with Crippen LogP contribution < -0.4 is 0 Å². The van der Waals surface area contributed by atoms with Crippen LogP contribution in [0.2, 0.25) is 0 Å². The summed E-state index contributed by atoms with van der Waals surface area (Å²) in [5.41, 5.74) is 1.27. The first-order valence-electron chi connectivity index (χ1n) is 6.98. The van der Waals surface area contributed by atoms with Crippen LogP contribution in [0.5, 0.6) is 0 Å². The second-order valence-electron chi connectivity index (χ2n) is 4.81. The fourth-order valence-electron chi connectivity index (χ4n) is 1.74. The zero-order valence-electron chi connectivity index (χ0n) is 13.0. The molecule has 0 heterocycles. The first-order chi connectivity index (χ1) is 11.0. The Morgan fingerprint density at radius 1 is 1.30 bits per heavy atom. The number of amides is 1. The predicted molar refractivity (Wildman–Crippen MR) is 83.6 cm³/mol. The number of benzene rings is 1. The standard InChI is InChI=1S/C17H17N3O3/c1-13(17(22)20(2)11-3-10-18)23-16(21)9-8-14-4-6-15(12-19)7-5-14/h4-9,13H,3,11H2,1-2H3/b9-8+/t13-/m1/s1. The van der Waals surface area contributed by atoms with Crippen LogP contribution in [0.25, 0.3) is 6.08 Å². The van der Waals surface area contributed by atoms with Crippen molar-refractivity contribution in [2.45, 2.75) is 19.4 Å². The van der Waals surface area contributed by atoms with Gasteiger partial charge in [0, 0.05) is 19.7 Å². The summed E-state index contributed by atoms with van der Waals surface area (Å²) in [6.07, 6.45) is 2.07. The van der Waals surface area contributed by atoms with E-state index in [0.717, 1.165) is 5.56 Å². The van der Waals surface area contributed by atoms with Gasteiger partial charge in [-0.1, -0.05) is 12.1 Å². The van der Waals surface area contributed by atoms with Crippen LogP contribution in [0.4, 0.5) is 0 Å². The van der Waals surface area contributed by atoms with Crippen molar-refractivity contribution in [3.05, 3.63) is 41.5 Å². The van der Waals surface area contributed by atoms with E-state index in [2.05, 4.69) is 0 Å². The molecule has 0 fully saturated rings. The molecule has 1 atom stereocenters. The summed E-state index contributed by atoms with van der Waals surface area (Å²) in [6.45, 7) is 1.77. The van der Waals surface area contributed by atoms with Gasteiger partial charge in [0.15, 0.2) is 6.10 Å². The lowest BCUT2D eigenvalue weighted by Crippen LogP contribution is -2.37. The lowest BCUT2D eigenvalue weighted by atomic mass is 10.1. The van der Waals surface area contributed by atoms with E-state index in [0.29, 0.717) is 5.56 Å². The SMILES string of the molecule is C[C@@H](OC(=O)/C=C/c1ccc(C#N)cc1)C(=O)N(C)CCC#N. The zero-order chi connectivity index (χ0) is 17.2.